The average Bonchev–Trinajstić information content (AvgIpc) is 2.14. The number of nitrogens with two attached hydrogens (primary N) is 1. The second-order valence-electron chi connectivity index (χ2n) is 4.71. The summed E-state index contributed by atoms with van der Waals surface area (Å²) in [5.41, 5.74) is 5.53. The molecule has 1 heterocycles. The molecule has 0 bridgehead atoms. The molecule has 14 heavy (non-hydrogen) atoms. The predicted molar refractivity (Wildman–Crippen MR) is 61.4 cm³/mol. The van der Waals surface area contributed by atoms with E-state index in [1.165, 1.54) is 39.0 Å². The van der Waals surface area contributed by atoms with E-state index in [-0.39, 0.29) is 0 Å². The molecule has 3 nitrogen and oxygen atoms in total. The highest BCUT2D eigenvalue weighted by atomic mass is 15.1. The summed E-state index contributed by atoms with van der Waals surface area (Å²) in [5.74, 6) is 0.872. The first-order valence-corrected chi connectivity index (χ1v) is 5.79. The minimum Gasteiger partial charge on any atom is -0.330 e. The lowest BCUT2D eigenvalue weighted by Gasteiger charge is -2.33. The van der Waals surface area contributed by atoms with Gasteiger partial charge < -0.3 is 15.5 Å². The van der Waals surface area contributed by atoms with Crippen LogP contribution >= 0.6 is 0 Å². The molecular weight excluding hydrogens is 174 g/mol. The summed E-state index contributed by atoms with van der Waals surface area (Å²) in [6, 6.07) is 0. The van der Waals surface area contributed by atoms with E-state index in [9.17, 15) is 0 Å². The molecule has 1 aliphatic rings. The summed E-state index contributed by atoms with van der Waals surface area (Å²) in [7, 11) is 4.33. The lowest BCUT2D eigenvalue weighted by Crippen LogP contribution is -2.40. The van der Waals surface area contributed by atoms with E-state index in [4.69, 9.17) is 5.73 Å². The summed E-state index contributed by atoms with van der Waals surface area (Å²) in [6.07, 6.45) is 3.91. The van der Waals surface area contributed by atoms with E-state index in [1.54, 1.807) is 0 Å². The zero-order valence-corrected chi connectivity index (χ0v) is 9.71. The predicted octanol–water partition coefficient (Wildman–Crippen LogP) is 0.609. The second kappa shape index (κ2) is 6.38. The van der Waals surface area contributed by atoms with E-state index in [1.807, 2.05) is 0 Å². The zero-order valence-electron chi connectivity index (χ0n) is 9.71. The van der Waals surface area contributed by atoms with Crippen molar-refractivity contribution in [3.05, 3.63) is 0 Å². The fourth-order valence-corrected chi connectivity index (χ4v) is 2.33. The third kappa shape index (κ3) is 4.40. The second-order valence-corrected chi connectivity index (χ2v) is 4.71. The number of likely N-dealkylation sites (tertiary alicyclic amines) is 1. The highest BCUT2D eigenvalue weighted by Crippen LogP contribution is 2.16. The van der Waals surface area contributed by atoms with Gasteiger partial charge in [-0.25, -0.2) is 0 Å². The van der Waals surface area contributed by atoms with Gasteiger partial charge in [0.25, 0.3) is 0 Å². The molecule has 3 heteroatoms. The van der Waals surface area contributed by atoms with Crippen molar-refractivity contribution in [3.8, 4) is 0 Å². The Kier molecular flexibility index (Phi) is 5.45. The van der Waals surface area contributed by atoms with Crippen LogP contribution in [0.25, 0.3) is 0 Å². The summed E-state index contributed by atoms with van der Waals surface area (Å²) in [4.78, 5) is 4.88. The van der Waals surface area contributed by atoms with Crippen molar-refractivity contribution >= 4 is 0 Å². The van der Waals surface area contributed by atoms with E-state index in [0.717, 1.165) is 18.9 Å². The molecule has 2 N–H and O–H groups in total. The lowest BCUT2D eigenvalue weighted by atomic mass is 9.97. The Balaban J connectivity index is 2.21. The Morgan fingerprint density at radius 2 is 2.21 bits per heavy atom. The van der Waals surface area contributed by atoms with Crippen LogP contribution in [0.5, 0.6) is 0 Å². The van der Waals surface area contributed by atoms with Crippen LogP contribution in [0.4, 0.5) is 0 Å². The normalized spacial score (nSPS) is 24.4. The molecule has 0 aliphatic carbocycles. The van der Waals surface area contributed by atoms with Crippen molar-refractivity contribution in [1.29, 1.82) is 0 Å². The third-order valence-corrected chi connectivity index (χ3v) is 2.90. The fourth-order valence-electron chi connectivity index (χ4n) is 2.33. The van der Waals surface area contributed by atoms with Gasteiger partial charge in [0.2, 0.25) is 0 Å². The number of rotatable bonds is 5. The van der Waals surface area contributed by atoms with Crippen LogP contribution in [0, 0.1) is 5.92 Å². The van der Waals surface area contributed by atoms with Gasteiger partial charge in [0.05, 0.1) is 0 Å². The summed E-state index contributed by atoms with van der Waals surface area (Å²) >= 11 is 0. The van der Waals surface area contributed by atoms with Crippen molar-refractivity contribution in [2.24, 2.45) is 11.7 Å². The van der Waals surface area contributed by atoms with Gasteiger partial charge in [-0.15, -0.1) is 0 Å². The van der Waals surface area contributed by atoms with Gasteiger partial charge in [-0.2, -0.15) is 0 Å². The lowest BCUT2D eigenvalue weighted by molar-refractivity contribution is 0.151. The SMILES string of the molecule is CN(C)CC1CCCN(CCCN)C1. The Bertz CT molecular complexity index is 147. The first-order chi connectivity index (χ1) is 6.72. The molecule has 1 aliphatic heterocycles. The Morgan fingerprint density at radius 3 is 2.86 bits per heavy atom. The van der Waals surface area contributed by atoms with E-state index < -0.39 is 0 Å². The van der Waals surface area contributed by atoms with Gasteiger partial charge in [0.15, 0.2) is 0 Å². The molecule has 0 radical (unpaired) electrons. The highest BCUT2D eigenvalue weighted by molar-refractivity contribution is 4.74. The maximum atomic E-state index is 5.53. The number of nitrogens with zero attached hydrogens (tertiary/aromatic N) is 2. The Hall–Kier alpha value is -0.120. The summed E-state index contributed by atoms with van der Waals surface area (Å²) < 4.78 is 0. The molecule has 1 rings (SSSR count). The minimum absolute atomic E-state index is 0.828. The van der Waals surface area contributed by atoms with Crippen LogP contribution in [-0.4, -0.2) is 56.6 Å². The smallest absolute Gasteiger partial charge is 0.00219 e. The topological polar surface area (TPSA) is 32.5 Å². The standard InChI is InChI=1S/C11H25N3/c1-13(2)9-11-5-3-7-14(10-11)8-4-6-12/h11H,3-10,12H2,1-2H3. The molecule has 0 aromatic carbocycles. The monoisotopic (exact) mass is 199 g/mol. The molecule has 1 saturated heterocycles. The molecule has 0 saturated carbocycles. The number of piperidine rings is 1. The molecule has 1 atom stereocenters. The molecular formula is C11H25N3. The molecule has 0 spiro atoms. The van der Waals surface area contributed by atoms with Gasteiger partial charge in [0, 0.05) is 13.1 Å². The number of hydrogen-bond donors (Lipinski definition) is 1. The third-order valence-electron chi connectivity index (χ3n) is 2.90. The first kappa shape index (κ1) is 12.0. The Morgan fingerprint density at radius 1 is 1.43 bits per heavy atom. The summed E-state index contributed by atoms with van der Waals surface area (Å²) in [6.45, 7) is 5.82. The van der Waals surface area contributed by atoms with Crippen molar-refractivity contribution in [2.45, 2.75) is 19.3 Å². The van der Waals surface area contributed by atoms with Crippen LogP contribution < -0.4 is 5.73 Å². The maximum absolute atomic E-state index is 5.53. The average molecular weight is 199 g/mol. The molecule has 0 amide bonds. The molecule has 1 fully saturated rings. The van der Waals surface area contributed by atoms with E-state index >= 15 is 0 Å². The fraction of sp³-hybridized carbons (Fsp3) is 1.00. The van der Waals surface area contributed by atoms with Crippen LogP contribution in [0.2, 0.25) is 0 Å². The maximum Gasteiger partial charge on any atom is 0.00219 e. The van der Waals surface area contributed by atoms with Crippen LogP contribution in [0.1, 0.15) is 19.3 Å². The van der Waals surface area contributed by atoms with Crippen molar-refractivity contribution in [2.75, 3.05) is 46.8 Å². The van der Waals surface area contributed by atoms with Crippen LogP contribution in [0.15, 0.2) is 0 Å². The van der Waals surface area contributed by atoms with Crippen molar-refractivity contribution in [1.82, 2.24) is 9.80 Å². The molecule has 84 valence electrons. The largest absolute Gasteiger partial charge is 0.330 e. The number of hydrogen-bond acceptors (Lipinski definition) is 3. The van der Waals surface area contributed by atoms with Gasteiger partial charge in [-0.1, -0.05) is 0 Å². The zero-order chi connectivity index (χ0) is 10.4. The van der Waals surface area contributed by atoms with E-state index in [0.29, 0.717) is 0 Å². The summed E-state index contributed by atoms with van der Waals surface area (Å²) in [5, 5.41) is 0. The van der Waals surface area contributed by atoms with Gasteiger partial charge >= 0.3 is 0 Å². The quantitative estimate of drug-likeness (QED) is 0.704. The van der Waals surface area contributed by atoms with Gasteiger partial charge in [-0.3, -0.25) is 0 Å². The first-order valence-electron chi connectivity index (χ1n) is 5.79. The van der Waals surface area contributed by atoms with Gasteiger partial charge in [-0.05, 0) is 58.9 Å². The molecule has 0 aromatic heterocycles. The van der Waals surface area contributed by atoms with Crippen molar-refractivity contribution < 1.29 is 0 Å². The minimum atomic E-state index is 0.828. The van der Waals surface area contributed by atoms with Gasteiger partial charge in [0.1, 0.15) is 0 Å². The highest BCUT2D eigenvalue weighted by Gasteiger charge is 2.19. The molecule has 0 aromatic rings. The van der Waals surface area contributed by atoms with Crippen molar-refractivity contribution in [3.63, 3.8) is 0 Å². The Labute approximate surface area is 88.2 Å². The van der Waals surface area contributed by atoms with Crippen LogP contribution in [-0.2, 0) is 0 Å². The molecule has 1 unspecified atom stereocenters. The van der Waals surface area contributed by atoms with Crippen LogP contribution in [0.3, 0.4) is 0 Å². The van der Waals surface area contributed by atoms with E-state index in [2.05, 4.69) is 23.9 Å².